The van der Waals surface area contributed by atoms with Crippen molar-refractivity contribution in [3.8, 4) is 17.3 Å². The molecule has 2 heterocycles. The van der Waals surface area contributed by atoms with Gasteiger partial charge in [0.15, 0.2) is 23.1 Å². The van der Waals surface area contributed by atoms with E-state index in [4.69, 9.17) is 4.74 Å². The van der Waals surface area contributed by atoms with Gasteiger partial charge in [-0.3, -0.25) is 9.78 Å². The predicted octanol–water partition coefficient (Wildman–Crippen LogP) is 3.65. The van der Waals surface area contributed by atoms with E-state index in [1.165, 1.54) is 19.2 Å². The van der Waals surface area contributed by atoms with Gasteiger partial charge in [0.05, 0.1) is 19.0 Å². The lowest BCUT2D eigenvalue weighted by atomic mass is 10.1. The zero-order valence-corrected chi connectivity index (χ0v) is 16.0. The summed E-state index contributed by atoms with van der Waals surface area (Å²) >= 11 is 0. The number of carbonyl (C=O) groups is 1. The molecule has 2 aromatic carbocycles. The lowest BCUT2D eigenvalue weighted by Gasteiger charge is -2.10. The minimum absolute atomic E-state index is 0.177. The number of carbonyl (C=O) groups excluding carboxylic acids is 1. The van der Waals surface area contributed by atoms with E-state index >= 15 is 0 Å². The molecule has 0 radical (unpaired) electrons. The molecule has 0 atom stereocenters. The number of hydrogen-bond donors (Lipinski definition) is 1. The zero-order valence-electron chi connectivity index (χ0n) is 16.0. The van der Waals surface area contributed by atoms with Crippen LogP contribution < -0.4 is 10.1 Å². The SMILES string of the molecule is CC(=O)Nc1cccc(-c2nnc3cncc(OCCc4ccc(F)c(F)c4)n23)c1. The van der Waals surface area contributed by atoms with Crippen LogP contribution in [0.5, 0.6) is 5.88 Å². The Morgan fingerprint density at radius 3 is 2.77 bits per heavy atom. The minimum Gasteiger partial charge on any atom is -0.477 e. The number of aromatic nitrogens is 4. The smallest absolute Gasteiger partial charge is 0.221 e. The van der Waals surface area contributed by atoms with Gasteiger partial charge in [-0.2, -0.15) is 0 Å². The molecule has 2 aromatic heterocycles. The summed E-state index contributed by atoms with van der Waals surface area (Å²) in [5.74, 6) is -1.04. The van der Waals surface area contributed by atoms with Crippen molar-refractivity contribution in [3.63, 3.8) is 0 Å². The molecule has 0 saturated carbocycles. The molecule has 4 aromatic rings. The lowest BCUT2D eigenvalue weighted by molar-refractivity contribution is -0.114. The van der Waals surface area contributed by atoms with Gasteiger partial charge in [0.25, 0.3) is 0 Å². The Balaban J connectivity index is 1.60. The number of rotatable bonds is 6. The molecule has 30 heavy (non-hydrogen) atoms. The monoisotopic (exact) mass is 409 g/mol. The van der Waals surface area contributed by atoms with Gasteiger partial charge in [0, 0.05) is 24.6 Å². The zero-order chi connectivity index (χ0) is 21.1. The Bertz CT molecular complexity index is 1230. The van der Waals surface area contributed by atoms with E-state index in [1.807, 2.05) is 6.07 Å². The largest absolute Gasteiger partial charge is 0.477 e. The summed E-state index contributed by atoms with van der Waals surface area (Å²) in [6.45, 7) is 1.65. The highest BCUT2D eigenvalue weighted by Gasteiger charge is 2.14. The first-order valence-corrected chi connectivity index (χ1v) is 9.15. The van der Waals surface area contributed by atoms with E-state index in [1.54, 1.807) is 28.8 Å². The summed E-state index contributed by atoms with van der Waals surface area (Å²) in [7, 11) is 0. The molecule has 9 heteroatoms. The van der Waals surface area contributed by atoms with Gasteiger partial charge in [-0.15, -0.1) is 10.2 Å². The first-order chi connectivity index (χ1) is 14.5. The first kappa shape index (κ1) is 19.4. The minimum atomic E-state index is -0.892. The van der Waals surface area contributed by atoms with Crippen molar-refractivity contribution < 1.29 is 18.3 Å². The molecule has 0 spiro atoms. The molecule has 4 rings (SSSR count). The van der Waals surface area contributed by atoms with Crippen LogP contribution in [0.3, 0.4) is 0 Å². The number of nitrogens with zero attached hydrogens (tertiary/aromatic N) is 4. The highest BCUT2D eigenvalue weighted by Crippen LogP contribution is 2.25. The second-order valence-electron chi connectivity index (χ2n) is 6.57. The van der Waals surface area contributed by atoms with Crippen molar-refractivity contribution in [2.45, 2.75) is 13.3 Å². The predicted molar refractivity (Wildman–Crippen MR) is 106 cm³/mol. The van der Waals surface area contributed by atoms with E-state index in [2.05, 4.69) is 20.5 Å². The number of anilines is 1. The van der Waals surface area contributed by atoms with Crippen LogP contribution in [0.2, 0.25) is 0 Å². The maximum Gasteiger partial charge on any atom is 0.221 e. The van der Waals surface area contributed by atoms with Crippen LogP contribution >= 0.6 is 0 Å². The molecule has 0 aliphatic heterocycles. The second-order valence-corrected chi connectivity index (χ2v) is 6.57. The fourth-order valence-electron chi connectivity index (χ4n) is 3.02. The quantitative estimate of drug-likeness (QED) is 0.526. The molecule has 0 saturated heterocycles. The van der Waals surface area contributed by atoms with Crippen LogP contribution in [0.25, 0.3) is 17.0 Å². The summed E-state index contributed by atoms with van der Waals surface area (Å²) in [6.07, 6.45) is 3.46. The summed E-state index contributed by atoms with van der Waals surface area (Å²) in [5.41, 5.74) is 2.46. The topological polar surface area (TPSA) is 81.4 Å². The molecule has 0 bridgehead atoms. The fraction of sp³-hybridized carbons (Fsp3) is 0.143. The van der Waals surface area contributed by atoms with Crippen LogP contribution in [0.1, 0.15) is 12.5 Å². The maximum absolute atomic E-state index is 13.4. The van der Waals surface area contributed by atoms with Gasteiger partial charge in [-0.05, 0) is 29.8 Å². The Morgan fingerprint density at radius 1 is 1.10 bits per heavy atom. The van der Waals surface area contributed by atoms with Gasteiger partial charge in [0.1, 0.15) is 0 Å². The first-order valence-electron chi connectivity index (χ1n) is 9.15. The van der Waals surface area contributed by atoms with Crippen molar-refractivity contribution in [1.82, 2.24) is 19.6 Å². The van der Waals surface area contributed by atoms with Gasteiger partial charge >= 0.3 is 0 Å². The second kappa shape index (κ2) is 8.24. The highest BCUT2D eigenvalue weighted by atomic mass is 19.2. The van der Waals surface area contributed by atoms with E-state index in [9.17, 15) is 13.6 Å². The average Bonchev–Trinajstić information content (AvgIpc) is 3.15. The number of halogens is 2. The van der Waals surface area contributed by atoms with Crippen LogP contribution in [0, 0.1) is 11.6 Å². The van der Waals surface area contributed by atoms with Crippen LogP contribution in [-0.4, -0.2) is 32.1 Å². The van der Waals surface area contributed by atoms with Gasteiger partial charge in [-0.1, -0.05) is 18.2 Å². The van der Waals surface area contributed by atoms with E-state index in [0.717, 1.165) is 17.7 Å². The Labute approximate surface area is 170 Å². The third-order valence-corrected chi connectivity index (χ3v) is 4.35. The Hall–Kier alpha value is -3.88. The molecule has 0 fully saturated rings. The molecular formula is C21H17F2N5O2. The Kier molecular flexibility index (Phi) is 5.34. The van der Waals surface area contributed by atoms with Gasteiger partial charge in [0.2, 0.25) is 11.8 Å². The standard InChI is InChI=1S/C21H17F2N5O2/c1-13(29)25-16-4-2-3-15(10-16)21-27-26-19-11-24-12-20(28(19)21)30-8-7-14-5-6-17(22)18(23)9-14/h2-6,9-12H,7-8H2,1H3,(H,25,29). The summed E-state index contributed by atoms with van der Waals surface area (Å²) < 4.78 is 34.0. The number of fused-ring (bicyclic) bond motifs is 1. The van der Waals surface area contributed by atoms with Crippen molar-refractivity contribution in [2.75, 3.05) is 11.9 Å². The molecule has 1 N–H and O–H groups in total. The van der Waals surface area contributed by atoms with E-state index in [0.29, 0.717) is 35.0 Å². The number of hydrogen-bond acceptors (Lipinski definition) is 5. The van der Waals surface area contributed by atoms with Gasteiger partial charge < -0.3 is 10.1 Å². The van der Waals surface area contributed by atoms with Crippen LogP contribution in [0.4, 0.5) is 14.5 Å². The van der Waals surface area contributed by atoms with Crippen molar-refractivity contribution >= 4 is 17.2 Å². The number of amides is 1. The normalized spacial score (nSPS) is 10.9. The van der Waals surface area contributed by atoms with Crippen molar-refractivity contribution in [3.05, 3.63) is 72.1 Å². The molecule has 152 valence electrons. The Morgan fingerprint density at radius 2 is 1.97 bits per heavy atom. The summed E-state index contributed by atoms with van der Waals surface area (Å²) in [6, 6.07) is 10.9. The summed E-state index contributed by atoms with van der Waals surface area (Å²) in [4.78, 5) is 15.4. The fourth-order valence-corrected chi connectivity index (χ4v) is 3.02. The molecule has 0 unspecified atom stereocenters. The van der Waals surface area contributed by atoms with Crippen LogP contribution in [0.15, 0.2) is 54.9 Å². The van der Waals surface area contributed by atoms with Gasteiger partial charge in [-0.25, -0.2) is 13.2 Å². The van der Waals surface area contributed by atoms with E-state index < -0.39 is 11.6 Å². The highest BCUT2D eigenvalue weighted by molar-refractivity contribution is 5.89. The van der Waals surface area contributed by atoms with E-state index in [-0.39, 0.29) is 12.5 Å². The summed E-state index contributed by atoms with van der Waals surface area (Å²) in [5, 5.41) is 11.1. The molecule has 0 aliphatic carbocycles. The lowest BCUT2D eigenvalue weighted by Crippen LogP contribution is -2.07. The average molecular weight is 409 g/mol. The molecule has 7 nitrogen and oxygen atoms in total. The van der Waals surface area contributed by atoms with Crippen molar-refractivity contribution in [2.24, 2.45) is 0 Å². The molecule has 1 amide bonds. The van der Waals surface area contributed by atoms with Crippen molar-refractivity contribution in [1.29, 1.82) is 0 Å². The third kappa shape index (κ3) is 4.09. The number of benzene rings is 2. The molecular weight excluding hydrogens is 392 g/mol. The molecule has 0 aliphatic rings. The van der Waals surface area contributed by atoms with Crippen LogP contribution in [-0.2, 0) is 11.2 Å². The third-order valence-electron chi connectivity index (χ3n) is 4.35. The number of nitrogens with one attached hydrogen (secondary N) is 1. The number of ether oxygens (including phenoxy) is 1. The maximum atomic E-state index is 13.4.